The van der Waals surface area contributed by atoms with E-state index in [2.05, 4.69) is 17.1 Å². The van der Waals surface area contributed by atoms with E-state index in [0.717, 1.165) is 0 Å². The molecule has 1 aromatic rings. The number of ether oxygens (including phenoxy) is 6. The number of hydrogen-bond acceptors (Lipinski definition) is 13. The predicted octanol–water partition coefficient (Wildman–Crippen LogP) is 4.56. The number of likely N-dealkylation sites (tertiary alicyclic amines) is 1. The van der Waals surface area contributed by atoms with Crippen molar-refractivity contribution in [2.75, 3.05) is 61.0 Å². The molecular weight excluding hydrogens is 761 g/mol. The van der Waals surface area contributed by atoms with Crippen molar-refractivity contribution in [1.29, 1.82) is 0 Å². The van der Waals surface area contributed by atoms with Crippen molar-refractivity contribution < 1.29 is 52.4 Å². The number of rotatable bonds is 10. The van der Waals surface area contributed by atoms with Crippen LogP contribution in [0.15, 0.2) is 30.3 Å². The van der Waals surface area contributed by atoms with Crippen LogP contribution in [0.2, 0.25) is 0 Å². The predicted molar refractivity (Wildman–Crippen MR) is 220 cm³/mol. The molecule has 3 fully saturated rings. The van der Waals surface area contributed by atoms with Gasteiger partial charge in [-0.15, -0.1) is 0 Å². The van der Waals surface area contributed by atoms with E-state index in [4.69, 9.17) is 28.4 Å². The second-order valence-electron chi connectivity index (χ2n) is 18.8. The number of nitrogens with zero attached hydrogens (tertiary/aromatic N) is 3. The first-order chi connectivity index (χ1) is 27.5. The summed E-state index contributed by atoms with van der Waals surface area (Å²) in [6.45, 7) is 17.8. The molecule has 1 N–H and O–H groups in total. The molecule has 0 aromatic heterocycles. The zero-order chi connectivity index (χ0) is 44.0. The number of carbonyl (C=O) groups is 5. The largest absolute Gasteiger partial charge is 0.463 e. The van der Waals surface area contributed by atoms with Crippen LogP contribution in [0.3, 0.4) is 0 Å². The molecule has 9 atom stereocenters. The molecule has 0 radical (unpaired) electrons. The molecule has 59 heavy (non-hydrogen) atoms. The van der Waals surface area contributed by atoms with Gasteiger partial charge in [0.25, 0.3) is 0 Å². The van der Waals surface area contributed by atoms with Crippen LogP contribution in [-0.4, -0.2) is 153 Å². The molecule has 1 aromatic carbocycles. The highest BCUT2D eigenvalue weighted by Crippen LogP contribution is 2.39. The third-order valence-electron chi connectivity index (χ3n) is 12.0. The molecule has 15 nitrogen and oxygen atoms in total. The number of amides is 2. The van der Waals surface area contributed by atoms with Crippen molar-refractivity contribution in [2.45, 2.75) is 129 Å². The minimum absolute atomic E-state index is 0.00105. The number of methoxy groups -OCH3 is 1. The van der Waals surface area contributed by atoms with Crippen molar-refractivity contribution in [3.63, 3.8) is 0 Å². The summed E-state index contributed by atoms with van der Waals surface area (Å²) in [6.07, 6.45) is -2.55. The van der Waals surface area contributed by atoms with Gasteiger partial charge in [-0.2, -0.15) is 0 Å². The molecule has 3 aliphatic heterocycles. The van der Waals surface area contributed by atoms with E-state index >= 15 is 0 Å². The highest BCUT2D eigenvalue weighted by atomic mass is 16.7. The molecular formula is C44H70N4O11. The maximum Gasteiger partial charge on any atom is 0.407 e. The van der Waals surface area contributed by atoms with Crippen LogP contribution in [-0.2, 0) is 42.8 Å². The van der Waals surface area contributed by atoms with Gasteiger partial charge in [0.15, 0.2) is 18.2 Å². The first-order valence-corrected chi connectivity index (χ1v) is 20.9. The lowest BCUT2D eigenvalue weighted by Crippen LogP contribution is -2.60. The minimum atomic E-state index is -1.56. The van der Waals surface area contributed by atoms with Crippen molar-refractivity contribution >= 4 is 29.7 Å². The first kappa shape index (κ1) is 48.0. The van der Waals surface area contributed by atoms with Crippen LogP contribution in [0.25, 0.3) is 0 Å². The average molecular weight is 831 g/mol. The van der Waals surface area contributed by atoms with E-state index in [-0.39, 0.29) is 61.3 Å². The second kappa shape index (κ2) is 19.8. The van der Waals surface area contributed by atoms with Gasteiger partial charge in [-0.3, -0.25) is 19.3 Å². The van der Waals surface area contributed by atoms with Crippen molar-refractivity contribution in [3.8, 4) is 0 Å². The van der Waals surface area contributed by atoms with Gasteiger partial charge in [0, 0.05) is 57.6 Å². The van der Waals surface area contributed by atoms with Crippen molar-refractivity contribution in [3.05, 3.63) is 35.9 Å². The number of benzene rings is 1. The van der Waals surface area contributed by atoms with Gasteiger partial charge in [-0.05, 0) is 101 Å². The lowest BCUT2D eigenvalue weighted by molar-refractivity contribution is -0.295. The Morgan fingerprint density at radius 1 is 1.00 bits per heavy atom. The fourth-order valence-electron chi connectivity index (χ4n) is 8.64. The third kappa shape index (κ3) is 12.2. The molecule has 4 rings (SSSR count). The zero-order valence-corrected chi connectivity index (χ0v) is 37.6. The van der Waals surface area contributed by atoms with Gasteiger partial charge in [0.05, 0.1) is 29.4 Å². The van der Waals surface area contributed by atoms with Crippen LogP contribution in [0.5, 0.6) is 0 Å². The Morgan fingerprint density at radius 2 is 1.64 bits per heavy atom. The highest BCUT2D eigenvalue weighted by Gasteiger charge is 2.53. The quantitative estimate of drug-likeness (QED) is 0.199. The summed E-state index contributed by atoms with van der Waals surface area (Å²) in [5, 5.41) is 2.63. The fraction of sp³-hybridized carbons (Fsp3) is 0.750. The number of carbonyl (C=O) groups excluding carboxylic acids is 5. The lowest BCUT2D eigenvalue weighted by Gasteiger charge is -2.48. The van der Waals surface area contributed by atoms with Gasteiger partial charge in [0.1, 0.15) is 17.6 Å². The van der Waals surface area contributed by atoms with Crippen LogP contribution in [0, 0.1) is 23.2 Å². The molecule has 3 saturated heterocycles. The molecule has 3 aliphatic rings. The molecule has 0 aliphatic carbocycles. The number of hydrogen-bond donors (Lipinski definition) is 1. The molecule has 332 valence electrons. The molecule has 0 spiro atoms. The number of Topliss-reactive ketones (excluding diaryl/α,β-unsaturated/α-hetero) is 1. The summed E-state index contributed by atoms with van der Waals surface area (Å²) in [5.74, 6) is -2.56. The Bertz CT molecular complexity index is 1610. The number of nitrogens with one attached hydrogen (secondary N) is 1. The number of ketones is 1. The Labute approximate surface area is 351 Å². The van der Waals surface area contributed by atoms with E-state index in [9.17, 15) is 24.0 Å². The summed E-state index contributed by atoms with van der Waals surface area (Å²) in [5.41, 5.74) is -2.88. The number of alkyl carbamates (subject to hydrolysis) is 1. The topological polar surface area (TPSA) is 162 Å². The molecule has 3 heterocycles. The molecule has 0 saturated carbocycles. The Hall–Kier alpha value is -3.63. The summed E-state index contributed by atoms with van der Waals surface area (Å²) >= 11 is 0. The molecule has 0 bridgehead atoms. The van der Waals surface area contributed by atoms with Crippen LogP contribution >= 0.6 is 0 Å². The first-order valence-electron chi connectivity index (χ1n) is 20.9. The van der Waals surface area contributed by atoms with Gasteiger partial charge < -0.3 is 43.5 Å². The Balaban J connectivity index is 1.57. The smallest absolute Gasteiger partial charge is 0.407 e. The summed E-state index contributed by atoms with van der Waals surface area (Å²) in [7, 11) is 7.40. The number of likely N-dealkylation sites (N-methyl/N-ethyl adjacent to an activating group) is 2. The van der Waals surface area contributed by atoms with E-state index in [1.165, 1.54) is 0 Å². The maximum absolute atomic E-state index is 14.6. The van der Waals surface area contributed by atoms with E-state index in [1.807, 2.05) is 46.0 Å². The fourth-order valence-corrected chi connectivity index (χ4v) is 8.64. The van der Waals surface area contributed by atoms with Crippen LogP contribution < -0.4 is 5.32 Å². The molecule has 15 heteroatoms. The average Bonchev–Trinajstić information content (AvgIpc) is 3.13. The summed E-state index contributed by atoms with van der Waals surface area (Å²) in [6, 6.07) is 8.22. The van der Waals surface area contributed by atoms with Crippen molar-refractivity contribution in [2.24, 2.45) is 23.2 Å². The minimum Gasteiger partial charge on any atom is -0.463 e. The third-order valence-corrected chi connectivity index (χ3v) is 12.0. The maximum atomic E-state index is 14.6. The Kier molecular flexibility index (Phi) is 16.1. The SMILES string of the molecule is CO[C@]1(C)C[C@@H](C)CN(C)[C@H](C2CN(C(=O)CCNC(=O)OC(C)(C)C)C2)COC(=O)C(C)(C)C(=O)[C@H](C)[C@H]1O[C@@H]1O[C@H](C)C[C@H](N(C)C)[C@H]1OC(=O)c1ccccc1. The van der Waals surface area contributed by atoms with E-state index in [0.29, 0.717) is 38.0 Å². The summed E-state index contributed by atoms with van der Waals surface area (Å²) in [4.78, 5) is 73.0. The van der Waals surface area contributed by atoms with Gasteiger partial charge >= 0.3 is 18.0 Å². The number of esters is 2. The Morgan fingerprint density at radius 3 is 2.24 bits per heavy atom. The zero-order valence-electron chi connectivity index (χ0n) is 37.6. The van der Waals surface area contributed by atoms with Crippen molar-refractivity contribution in [1.82, 2.24) is 20.0 Å². The van der Waals surface area contributed by atoms with Gasteiger partial charge in [-0.25, -0.2) is 9.59 Å². The second-order valence-corrected chi connectivity index (χ2v) is 18.8. The summed E-state index contributed by atoms with van der Waals surface area (Å²) < 4.78 is 37.2. The normalized spacial score (nSPS) is 31.5. The van der Waals surface area contributed by atoms with E-state index < -0.39 is 59.1 Å². The van der Waals surface area contributed by atoms with Crippen LogP contribution in [0.1, 0.15) is 91.9 Å². The standard InChI is InChI=1S/C44H70N4O11/c1-27-22-44(9,54-13)37(58-39-35(32(46(10)11)21-28(2)56-39)57-38(51)30-17-15-14-16-18-30)29(3)36(50)43(7,8)40(52)55-26-33(47(12)23-27)31-24-48(25-31)34(49)19-20-45-41(53)59-42(4,5)6/h14-18,27-29,31-33,35,37,39H,19-26H2,1-13H3,(H,45,53)/t27-,28-,29+,32+,33+,35-,37-,39+,44-/m1/s1. The monoisotopic (exact) mass is 831 g/mol. The van der Waals surface area contributed by atoms with Crippen LogP contribution in [0.4, 0.5) is 4.79 Å². The lowest BCUT2D eigenvalue weighted by atomic mass is 9.74. The molecule has 2 amide bonds. The molecule has 0 unspecified atom stereocenters. The van der Waals surface area contributed by atoms with Gasteiger partial charge in [0.2, 0.25) is 5.91 Å². The highest BCUT2D eigenvalue weighted by molar-refractivity contribution is 6.04. The number of cyclic esters (lactones) is 1. The van der Waals surface area contributed by atoms with E-state index in [1.54, 1.807) is 77.8 Å². The van der Waals surface area contributed by atoms with Gasteiger partial charge in [-0.1, -0.05) is 32.0 Å².